The van der Waals surface area contributed by atoms with Gasteiger partial charge in [-0.1, -0.05) is 0 Å². The van der Waals surface area contributed by atoms with Gasteiger partial charge in [-0.3, -0.25) is 0 Å². The van der Waals surface area contributed by atoms with E-state index in [9.17, 15) is 10.1 Å². The molecule has 2 aromatic rings. The van der Waals surface area contributed by atoms with Crippen LogP contribution in [0.15, 0.2) is 46.7 Å². The van der Waals surface area contributed by atoms with Crippen molar-refractivity contribution < 1.29 is 9.53 Å². The van der Waals surface area contributed by atoms with Gasteiger partial charge in [0.15, 0.2) is 5.16 Å². The number of anilines is 1. The zero-order valence-electron chi connectivity index (χ0n) is 16.3. The molecule has 0 bridgehead atoms. The van der Waals surface area contributed by atoms with Gasteiger partial charge in [0.1, 0.15) is 5.60 Å². The summed E-state index contributed by atoms with van der Waals surface area (Å²) < 4.78 is 5.46. The maximum Gasteiger partial charge on any atom is 0.410 e. The zero-order valence-corrected chi connectivity index (χ0v) is 17.1. The van der Waals surface area contributed by atoms with Crippen molar-refractivity contribution in [3.63, 3.8) is 0 Å². The third kappa shape index (κ3) is 5.14. The maximum atomic E-state index is 12.3. The summed E-state index contributed by atoms with van der Waals surface area (Å²) in [6.45, 7) is 8.15. The van der Waals surface area contributed by atoms with E-state index < -0.39 is 5.60 Å². The number of hydrogen-bond acceptors (Lipinski definition) is 7. The van der Waals surface area contributed by atoms with Crippen LogP contribution in [0.25, 0.3) is 0 Å². The third-order valence-corrected chi connectivity index (χ3v) is 5.04. The quantitative estimate of drug-likeness (QED) is 0.732. The minimum absolute atomic E-state index is 0.278. The van der Waals surface area contributed by atoms with E-state index in [2.05, 4.69) is 20.9 Å². The molecule has 1 saturated heterocycles. The van der Waals surface area contributed by atoms with Crippen molar-refractivity contribution in [1.29, 1.82) is 5.26 Å². The predicted octanol–water partition coefficient (Wildman–Crippen LogP) is 3.56. The molecule has 8 heteroatoms. The average Bonchev–Trinajstić information content (AvgIpc) is 2.67. The highest BCUT2D eigenvalue weighted by Crippen LogP contribution is 2.35. The van der Waals surface area contributed by atoms with E-state index in [1.165, 1.54) is 11.8 Å². The van der Waals surface area contributed by atoms with Crippen LogP contribution in [0.5, 0.6) is 0 Å². The lowest BCUT2D eigenvalue weighted by Gasteiger charge is -2.37. The number of carbonyl (C=O) groups excluding carboxylic acids is 1. The third-order valence-electron chi connectivity index (χ3n) is 4.10. The van der Waals surface area contributed by atoms with E-state index in [4.69, 9.17) is 4.74 Å². The summed E-state index contributed by atoms with van der Waals surface area (Å²) in [4.78, 5) is 25.7. The highest BCUT2D eigenvalue weighted by molar-refractivity contribution is 7.99. The van der Waals surface area contributed by atoms with Gasteiger partial charge < -0.3 is 14.5 Å². The normalized spacial score (nSPS) is 14.5. The van der Waals surface area contributed by atoms with Crippen LogP contribution in [-0.2, 0) is 4.74 Å². The number of nitriles is 1. The molecule has 7 nitrogen and oxygen atoms in total. The Bertz CT molecular complexity index is 868. The molecule has 0 spiro atoms. The molecule has 1 aliphatic heterocycles. The van der Waals surface area contributed by atoms with E-state index >= 15 is 0 Å². The van der Waals surface area contributed by atoms with Crippen LogP contribution in [0, 0.1) is 11.3 Å². The highest BCUT2D eigenvalue weighted by Gasteiger charge is 2.27. The fraction of sp³-hybridized carbons (Fsp3) is 0.400. The van der Waals surface area contributed by atoms with Gasteiger partial charge in [0.25, 0.3) is 0 Å². The standard InChI is InChI=1S/C20H23N5O2S/c1-20(2,3)27-19(26)25-11-9-24(10-12-25)16-6-5-15(14-21)13-17(16)28-18-22-7-4-8-23-18/h4-8,13H,9-12H2,1-3H3. The number of rotatable bonds is 3. The lowest BCUT2D eigenvalue weighted by Crippen LogP contribution is -2.50. The Kier molecular flexibility index (Phi) is 6.05. The number of nitrogens with zero attached hydrogens (tertiary/aromatic N) is 5. The molecule has 1 amide bonds. The Morgan fingerprint density at radius 1 is 1.18 bits per heavy atom. The van der Waals surface area contributed by atoms with Gasteiger partial charge in [0.05, 0.1) is 17.3 Å². The van der Waals surface area contributed by atoms with Crippen LogP contribution < -0.4 is 4.90 Å². The fourth-order valence-electron chi connectivity index (χ4n) is 2.82. The summed E-state index contributed by atoms with van der Waals surface area (Å²) in [7, 11) is 0. The van der Waals surface area contributed by atoms with E-state index in [-0.39, 0.29) is 6.09 Å². The molecule has 3 rings (SSSR count). The van der Waals surface area contributed by atoms with Crippen molar-refractivity contribution in [2.24, 2.45) is 0 Å². The number of aromatic nitrogens is 2. The Morgan fingerprint density at radius 2 is 1.86 bits per heavy atom. The monoisotopic (exact) mass is 397 g/mol. The number of ether oxygens (including phenoxy) is 1. The second kappa shape index (κ2) is 8.48. The van der Waals surface area contributed by atoms with Gasteiger partial charge >= 0.3 is 6.09 Å². The Balaban J connectivity index is 1.74. The molecular weight excluding hydrogens is 374 g/mol. The first-order valence-corrected chi connectivity index (χ1v) is 9.89. The molecule has 28 heavy (non-hydrogen) atoms. The van der Waals surface area contributed by atoms with E-state index in [0.717, 1.165) is 10.6 Å². The highest BCUT2D eigenvalue weighted by atomic mass is 32.2. The molecule has 1 aliphatic rings. The molecule has 0 aliphatic carbocycles. The smallest absolute Gasteiger partial charge is 0.410 e. The number of piperazine rings is 1. The van der Waals surface area contributed by atoms with Crippen LogP contribution in [-0.4, -0.2) is 52.7 Å². The minimum atomic E-state index is -0.499. The van der Waals surface area contributed by atoms with Crippen LogP contribution in [0.3, 0.4) is 0 Å². The van der Waals surface area contributed by atoms with Gasteiger partial charge in [-0.25, -0.2) is 14.8 Å². The zero-order chi connectivity index (χ0) is 20.1. The number of hydrogen-bond donors (Lipinski definition) is 0. The lowest BCUT2D eigenvalue weighted by molar-refractivity contribution is 0.0240. The largest absolute Gasteiger partial charge is 0.444 e. The van der Waals surface area contributed by atoms with E-state index in [1.54, 1.807) is 23.4 Å². The van der Waals surface area contributed by atoms with Gasteiger partial charge in [0, 0.05) is 43.5 Å². The minimum Gasteiger partial charge on any atom is -0.444 e. The second-order valence-electron chi connectivity index (χ2n) is 7.38. The van der Waals surface area contributed by atoms with E-state index in [0.29, 0.717) is 36.9 Å². The lowest BCUT2D eigenvalue weighted by atomic mass is 10.2. The summed E-state index contributed by atoms with van der Waals surface area (Å²) in [6.07, 6.45) is 3.12. The summed E-state index contributed by atoms with van der Waals surface area (Å²) in [5.41, 5.74) is 1.11. The Morgan fingerprint density at radius 3 is 2.46 bits per heavy atom. The van der Waals surface area contributed by atoms with Crippen molar-refractivity contribution in [2.75, 3.05) is 31.1 Å². The Labute approximate surface area is 169 Å². The van der Waals surface area contributed by atoms with Crippen molar-refractivity contribution >= 4 is 23.5 Å². The second-order valence-corrected chi connectivity index (χ2v) is 8.39. The van der Waals surface area contributed by atoms with Crippen LogP contribution in [0.4, 0.5) is 10.5 Å². The molecule has 146 valence electrons. The number of amides is 1. The molecule has 0 atom stereocenters. The van der Waals surface area contributed by atoms with Gasteiger partial charge in [0.2, 0.25) is 0 Å². The van der Waals surface area contributed by atoms with Gasteiger partial charge in [-0.05, 0) is 56.8 Å². The molecule has 1 aromatic carbocycles. The summed E-state index contributed by atoms with van der Waals surface area (Å²) in [6, 6.07) is 9.58. The number of carbonyl (C=O) groups is 1. The first kappa shape index (κ1) is 20.0. The predicted molar refractivity (Wildman–Crippen MR) is 107 cm³/mol. The average molecular weight is 398 g/mol. The molecular formula is C20H23N5O2S. The molecule has 2 heterocycles. The molecule has 0 radical (unpaired) electrons. The molecule has 0 unspecified atom stereocenters. The topological polar surface area (TPSA) is 82.4 Å². The summed E-state index contributed by atoms with van der Waals surface area (Å²) in [5.74, 6) is 0. The van der Waals surface area contributed by atoms with Crippen molar-refractivity contribution in [3.8, 4) is 6.07 Å². The van der Waals surface area contributed by atoms with Gasteiger partial charge in [-0.2, -0.15) is 5.26 Å². The van der Waals surface area contributed by atoms with Crippen molar-refractivity contribution in [2.45, 2.75) is 36.4 Å². The SMILES string of the molecule is CC(C)(C)OC(=O)N1CCN(c2ccc(C#N)cc2Sc2ncccn2)CC1. The first-order valence-electron chi connectivity index (χ1n) is 9.07. The maximum absolute atomic E-state index is 12.3. The van der Waals surface area contributed by atoms with Crippen LogP contribution >= 0.6 is 11.8 Å². The van der Waals surface area contributed by atoms with Crippen molar-refractivity contribution in [3.05, 3.63) is 42.2 Å². The Hall–Kier alpha value is -2.79. The molecule has 0 saturated carbocycles. The van der Waals surface area contributed by atoms with Crippen LogP contribution in [0.2, 0.25) is 0 Å². The van der Waals surface area contributed by atoms with Crippen molar-refractivity contribution in [1.82, 2.24) is 14.9 Å². The fourth-order valence-corrected chi connectivity index (χ4v) is 3.73. The first-order chi connectivity index (χ1) is 13.4. The van der Waals surface area contributed by atoms with Gasteiger partial charge in [-0.15, -0.1) is 0 Å². The summed E-state index contributed by atoms with van der Waals surface area (Å²) in [5, 5.41) is 9.89. The summed E-state index contributed by atoms with van der Waals surface area (Å²) >= 11 is 1.43. The number of benzene rings is 1. The molecule has 1 fully saturated rings. The van der Waals surface area contributed by atoms with E-state index in [1.807, 2.05) is 39.0 Å². The van der Waals surface area contributed by atoms with Crippen LogP contribution in [0.1, 0.15) is 26.3 Å². The molecule has 1 aromatic heterocycles. The molecule has 0 N–H and O–H groups in total.